The summed E-state index contributed by atoms with van der Waals surface area (Å²) in [6.07, 6.45) is -3.18. The number of hydrogen-bond acceptors (Lipinski definition) is 2. The molecule has 2 rings (SSSR count). The minimum absolute atomic E-state index is 0.141. The van der Waals surface area contributed by atoms with Crippen molar-refractivity contribution >= 4 is 0 Å². The average Bonchev–Trinajstić information content (AvgIpc) is 2.46. The van der Waals surface area contributed by atoms with E-state index in [1.165, 1.54) is 18.2 Å². The van der Waals surface area contributed by atoms with Crippen LogP contribution in [-0.4, -0.2) is 12.7 Å². The first-order chi connectivity index (χ1) is 10.8. The topological polar surface area (TPSA) is 21.3 Å². The Morgan fingerprint density at radius 2 is 2.00 bits per heavy atom. The van der Waals surface area contributed by atoms with Gasteiger partial charge in [0.05, 0.1) is 6.42 Å². The minimum atomic E-state index is -4.21. The van der Waals surface area contributed by atoms with E-state index in [1.807, 2.05) is 0 Å². The number of nitrogens with one attached hydrogen (secondary N) is 1. The lowest BCUT2D eigenvalue weighted by atomic mass is 10.1. The molecule has 126 valence electrons. The third kappa shape index (κ3) is 5.92. The molecule has 2 nitrogen and oxygen atoms in total. The molecule has 0 saturated carbocycles. The maximum atomic E-state index is 12.6. The van der Waals surface area contributed by atoms with Crippen molar-refractivity contribution in [3.8, 4) is 5.75 Å². The molecule has 0 spiro atoms. The molecule has 0 saturated heterocycles. The average molecular weight is 333 g/mol. The predicted octanol–water partition coefficient (Wildman–Crippen LogP) is 5.11. The molecule has 0 radical (unpaired) electrons. The minimum Gasteiger partial charge on any atom is -0.462 e. The van der Waals surface area contributed by atoms with Crippen molar-refractivity contribution in [2.24, 2.45) is 0 Å². The Kier molecular flexibility index (Phi) is 5.63. The molecule has 0 amide bonds. The number of halogens is 5. The van der Waals surface area contributed by atoms with Crippen molar-refractivity contribution in [3.63, 3.8) is 0 Å². The van der Waals surface area contributed by atoms with Crippen molar-refractivity contribution in [3.05, 3.63) is 53.4 Å². The second-order valence-electron chi connectivity index (χ2n) is 5.08. The molecule has 1 N–H and O–H groups in total. The summed E-state index contributed by atoms with van der Waals surface area (Å²) in [5.74, 6) is 0.805. The molecule has 1 aliphatic carbocycles. The standard InChI is InChI=1S/C16H16F5NO/c17-15(18)11-3-1-5-13(9-11)23-14-6-2-4-12(10-14)22-8-7-16(19,20)21/h1,3-5,9-10,15,22H,2,6-8H2. The summed E-state index contributed by atoms with van der Waals surface area (Å²) in [6.45, 7) is -0.222. The molecule has 7 heteroatoms. The molecule has 0 atom stereocenters. The largest absolute Gasteiger partial charge is 0.462 e. The summed E-state index contributed by atoms with van der Waals surface area (Å²) < 4.78 is 67.2. The van der Waals surface area contributed by atoms with Crippen LogP contribution >= 0.6 is 0 Å². The van der Waals surface area contributed by atoms with Crippen LogP contribution in [-0.2, 0) is 0 Å². The summed E-state index contributed by atoms with van der Waals surface area (Å²) >= 11 is 0. The molecule has 0 unspecified atom stereocenters. The normalized spacial score (nSPS) is 15.2. The van der Waals surface area contributed by atoms with Crippen LogP contribution in [0.25, 0.3) is 0 Å². The van der Waals surface area contributed by atoms with Crippen molar-refractivity contribution < 1.29 is 26.7 Å². The van der Waals surface area contributed by atoms with E-state index in [1.54, 1.807) is 18.2 Å². The highest BCUT2D eigenvalue weighted by Gasteiger charge is 2.26. The predicted molar refractivity (Wildman–Crippen MR) is 76.1 cm³/mol. The quantitative estimate of drug-likeness (QED) is 0.731. The fraction of sp³-hybridized carbons (Fsp3) is 0.375. The zero-order valence-electron chi connectivity index (χ0n) is 12.2. The zero-order valence-corrected chi connectivity index (χ0v) is 12.2. The Labute approximate surface area is 130 Å². The highest BCUT2D eigenvalue weighted by atomic mass is 19.4. The number of allylic oxidation sites excluding steroid dienone is 3. The van der Waals surface area contributed by atoms with E-state index in [2.05, 4.69) is 5.32 Å². The molecule has 1 aromatic carbocycles. The number of benzene rings is 1. The summed E-state index contributed by atoms with van der Waals surface area (Å²) in [4.78, 5) is 0. The Morgan fingerprint density at radius 3 is 2.70 bits per heavy atom. The van der Waals surface area contributed by atoms with Gasteiger partial charge in [-0.1, -0.05) is 18.2 Å². The molecule has 1 aromatic rings. The Morgan fingerprint density at radius 1 is 1.22 bits per heavy atom. The number of ether oxygens (including phenoxy) is 1. The van der Waals surface area contributed by atoms with Gasteiger partial charge in [0.1, 0.15) is 11.5 Å². The van der Waals surface area contributed by atoms with Gasteiger partial charge in [0, 0.05) is 24.2 Å². The molecular formula is C16H16F5NO. The highest BCUT2D eigenvalue weighted by Crippen LogP contribution is 2.26. The third-order valence-electron chi connectivity index (χ3n) is 3.17. The van der Waals surface area contributed by atoms with Crippen LogP contribution in [0.4, 0.5) is 22.0 Å². The lowest BCUT2D eigenvalue weighted by Gasteiger charge is -2.17. The van der Waals surface area contributed by atoms with Crippen LogP contribution in [0.15, 0.2) is 47.9 Å². The third-order valence-corrected chi connectivity index (χ3v) is 3.17. The van der Waals surface area contributed by atoms with Crippen molar-refractivity contribution in [2.75, 3.05) is 6.54 Å². The smallest absolute Gasteiger partial charge is 0.390 e. The maximum Gasteiger partial charge on any atom is 0.390 e. The molecule has 0 heterocycles. The number of alkyl halides is 5. The van der Waals surface area contributed by atoms with Gasteiger partial charge in [0.15, 0.2) is 0 Å². The molecule has 0 aliphatic heterocycles. The van der Waals surface area contributed by atoms with Gasteiger partial charge in [-0.3, -0.25) is 0 Å². The number of rotatable bonds is 6. The van der Waals surface area contributed by atoms with Crippen LogP contribution in [0.2, 0.25) is 0 Å². The van der Waals surface area contributed by atoms with E-state index in [9.17, 15) is 22.0 Å². The molecule has 23 heavy (non-hydrogen) atoms. The fourth-order valence-corrected chi connectivity index (χ4v) is 2.09. The van der Waals surface area contributed by atoms with E-state index in [4.69, 9.17) is 4.74 Å². The molecule has 1 aliphatic rings. The van der Waals surface area contributed by atoms with Crippen LogP contribution in [0, 0.1) is 0 Å². The summed E-state index contributed by atoms with van der Waals surface area (Å²) in [7, 11) is 0. The second-order valence-corrected chi connectivity index (χ2v) is 5.08. The first-order valence-electron chi connectivity index (χ1n) is 7.11. The monoisotopic (exact) mass is 333 g/mol. The molecular weight excluding hydrogens is 317 g/mol. The molecule has 0 fully saturated rings. The van der Waals surface area contributed by atoms with Crippen molar-refractivity contribution in [1.29, 1.82) is 0 Å². The SMILES string of the molecule is FC(F)c1cccc(OC2=CC(NCCC(F)(F)F)=CCC2)c1. The van der Waals surface area contributed by atoms with Gasteiger partial charge in [-0.05, 0) is 24.6 Å². The lowest BCUT2D eigenvalue weighted by molar-refractivity contribution is -0.133. The van der Waals surface area contributed by atoms with Crippen molar-refractivity contribution in [2.45, 2.75) is 31.9 Å². The van der Waals surface area contributed by atoms with Crippen LogP contribution in [0.5, 0.6) is 5.75 Å². The number of hydrogen-bond donors (Lipinski definition) is 1. The van der Waals surface area contributed by atoms with E-state index >= 15 is 0 Å². The molecule has 0 aromatic heterocycles. The Balaban J connectivity index is 1.95. The summed E-state index contributed by atoms with van der Waals surface area (Å²) in [5, 5.41) is 2.69. The van der Waals surface area contributed by atoms with Crippen molar-refractivity contribution in [1.82, 2.24) is 5.32 Å². The van der Waals surface area contributed by atoms with E-state index in [-0.39, 0.29) is 17.9 Å². The van der Waals surface area contributed by atoms with Crippen LogP contribution in [0.1, 0.15) is 31.3 Å². The Hall–Kier alpha value is -2.05. The van der Waals surface area contributed by atoms with Gasteiger partial charge in [-0.2, -0.15) is 13.2 Å². The zero-order chi connectivity index (χ0) is 16.9. The molecule has 0 bridgehead atoms. The lowest BCUT2D eigenvalue weighted by Crippen LogP contribution is -2.21. The maximum absolute atomic E-state index is 12.6. The van der Waals surface area contributed by atoms with Gasteiger partial charge in [0.25, 0.3) is 6.43 Å². The van der Waals surface area contributed by atoms with E-state index < -0.39 is 19.0 Å². The van der Waals surface area contributed by atoms with Gasteiger partial charge in [0.2, 0.25) is 0 Å². The highest BCUT2D eigenvalue weighted by molar-refractivity contribution is 5.32. The van der Waals surface area contributed by atoms with E-state index in [0.717, 1.165) is 0 Å². The van der Waals surface area contributed by atoms with E-state index in [0.29, 0.717) is 24.3 Å². The van der Waals surface area contributed by atoms with Gasteiger partial charge >= 0.3 is 6.18 Å². The first-order valence-corrected chi connectivity index (χ1v) is 7.11. The second kappa shape index (κ2) is 7.48. The summed E-state index contributed by atoms with van der Waals surface area (Å²) in [5.41, 5.74) is 0.401. The van der Waals surface area contributed by atoms with Gasteiger partial charge < -0.3 is 10.1 Å². The van der Waals surface area contributed by atoms with Gasteiger partial charge in [-0.25, -0.2) is 8.78 Å². The summed E-state index contributed by atoms with van der Waals surface area (Å²) in [6, 6.07) is 5.58. The van der Waals surface area contributed by atoms with Crippen LogP contribution in [0.3, 0.4) is 0 Å². The van der Waals surface area contributed by atoms with Crippen LogP contribution < -0.4 is 10.1 Å². The Bertz CT molecular complexity index is 592. The fourth-order valence-electron chi connectivity index (χ4n) is 2.09. The first kappa shape index (κ1) is 17.3. The van der Waals surface area contributed by atoms with Gasteiger partial charge in [-0.15, -0.1) is 0 Å².